The van der Waals surface area contributed by atoms with Gasteiger partial charge in [0.05, 0.1) is 0 Å². The Labute approximate surface area is 251 Å². The monoisotopic (exact) mass is 588 g/mol. The molecular weight excluding hydrogens is 567 g/mol. The summed E-state index contributed by atoms with van der Waals surface area (Å²) in [7, 11) is -2.79. The van der Waals surface area contributed by atoms with Gasteiger partial charge in [0.1, 0.15) is 0 Å². The minimum absolute atomic E-state index is 0. The van der Waals surface area contributed by atoms with Gasteiger partial charge in [-0.2, -0.15) is 11.1 Å². The molecule has 2 aliphatic carbocycles. The molecule has 0 saturated heterocycles. The summed E-state index contributed by atoms with van der Waals surface area (Å²) in [5.41, 5.74) is 11.1. The zero-order valence-electron chi connectivity index (χ0n) is 19.9. The number of benzene rings is 5. The van der Waals surface area contributed by atoms with E-state index in [0.29, 0.717) is 0 Å². The molecule has 2 aliphatic rings. The van der Waals surface area contributed by atoms with E-state index in [1.165, 1.54) is 49.7 Å². The molecule has 37 heavy (non-hydrogen) atoms. The fourth-order valence-corrected chi connectivity index (χ4v) is 12.7. The van der Waals surface area contributed by atoms with Crippen LogP contribution >= 0.6 is 11.1 Å². The molecule has 0 unspecified atom stereocenters. The first kappa shape index (κ1) is 27.9. The Hall–Kier alpha value is -2.10. The van der Waals surface area contributed by atoms with Gasteiger partial charge in [0.2, 0.25) is 7.38 Å². The predicted molar refractivity (Wildman–Crippen MR) is 145 cm³/mol. The summed E-state index contributed by atoms with van der Waals surface area (Å²) in [5.74, 6) is 0. The minimum Gasteiger partial charge on any atom is -1.00 e. The van der Waals surface area contributed by atoms with Gasteiger partial charge in [-0.1, -0.05) is 127 Å². The molecule has 0 fully saturated rings. The first-order chi connectivity index (χ1) is 16.8. The van der Waals surface area contributed by atoms with Crippen molar-refractivity contribution < 1.29 is 46.5 Å². The Morgan fingerprint density at radius 2 is 0.676 bits per heavy atom. The van der Waals surface area contributed by atoms with Gasteiger partial charge in [-0.3, -0.25) is 0 Å². The van der Waals surface area contributed by atoms with Crippen molar-refractivity contribution in [1.29, 1.82) is 0 Å². The molecule has 0 saturated carbocycles. The van der Waals surface area contributed by atoms with E-state index in [4.69, 9.17) is 11.1 Å². The van der Waals surface area contributed by atoms with Gasteiger partial charge in [0.15, 0.2) is 0 Å². The standard InChI is InChI=1S/C32H23ClSi.2ClH.Ti/c33-34(22-12-2-1-3-13-22,31-27-18-8-4-14-23(27)24-15-5-9-19-28(24)31)32-29-20-10-6-16-25(29)26-17-7-11-21-30(26)32;;;/h1-21,31-32H;2*1H;/q;;;+2/p-2. The Kier molecular flexibility index (Phi) is 8.26. The van der Waals surface area contributed by atoms with Crippen LogP contribution in [0.3, 0.4) is 0 Å². The maximum Gasteiger partial charge on any atom is 2.00 e. The Morgan fingerprint density at radius 1 is 0.405 bits per heavy atom. The molecule has 0 N–H and O–H groups in total. The number of fused-ring (bicyclic) bond motifs is 6. The predicted octanol–water partition coefficient (Wildman–Crippen LogP) is 1.79. The van der Waals surface area contributed by atoms with Gasteiger partial charge in [-0.05, 0) is 49.7 Å². The van der Waals surface area contributed by atoms with Crippen molar-refractivity contribution >= 4 is 23.6 Å². The third kappa shape index (κ3) is 4.08. The summed E-state index contributed by atoms with van der Waals surface area (Å²) >= 11 is 8.33. The van der Waals surface area contributed by atoms with Crippen molar-refractivity contribution in [2.75, 3.05) is 0 Å². The van der Waals surface area contributed by atoms with Crippen molar-refractivity contribution in [3.63, 3.8) is 0 Å². The van der Waals surface area contributed by atoms with E-state index in [2.05, 4.69) is 127 Å². The molecule has 5 aromatic rings. The summed E-state index contributed by atoms with van der Waals surface area (Å²) in [5, 5.41) is 1.30. The largest absolute Gasteiger partial charge is 2.00 e. The quantitative estimate of drug-likeness (QED) is 0.223. The van der Waals surface area contributed by atoms with E-state index < -0.39 is 7.38 Å². The van der Waals surface area contributed by atoms with Crippen molar-refractivity contribution in [3.05, 3.63) is 150 Å². The van der Waals surface area contributed by atoms with E-state index >= 15 is 0 Å². The molecule has 5 aromatic carbocycles. The van der Waals surface area contributed by atoms with Crippen LogP contribution in [0.5, 0.6) is 0 Å². The van der Waals surface area contributed by atoms with Crippen LogP contribution in [0.1, 0.15) is 33.3 Å². The van der Waals surface area contributed by atoms with E-state index in [1.807, 2.05) is 0 Å². The van der Waals surface area contributed by atoms with Crippen molar-refractivity contribution in [3.8, 4) is 22.3 Å². The minimum atomic E-state index is -2.79. The molecule has 0 radical (unpaired) electrons. The summed E-state index contributed by atoms with van der Waals surface area (Å²) in [4.78, 5) is 0. The zero-order chi connectivity index (χ0) is 22.7. The summed E-state index contributed by atoms with van der Waals surface area (Å²) in [6.07, 6.45) is 0. The van der Waals surface area contributed by atoms with Crippen LogP contribution in [0.15, 0.2) is 127 Å². The molecule has 0 aliphatic heterocycles. The fraction of sp³-hybridized carbons (Fsp3) is 0.0625. The van der Waals surface area contributed by atoms with Crippen molar-refractivity contribution in [1.82, 2.24) is 0 Å². The molecule has 7 rings (SSSR count). The van der Waals surface area contributed by atoms with Gasteiger partial charge >= 0.3 is 21.7 Å². The molecule has 5 heteroatoms. The smallest absolute Gasteiger partial charge is 1.00 e. The Morgan fingerprint density at radius 3 is 1.00 bits per heavy atom. The van der Waals surface area contributed by atoms with Gasteiger partial charge in [-0.25, -0.2) is 0 Å². The van der Waals surface area contributed by atoms with Crippen LogP contribution in [0.2, 0.25) is 0 Å². The average molecular weight is 590 g/mol. The van der Waals surface area contributed by atoms with Gasteiger partial charge < -0.3 is 24.8 Å². The third-order valence-electron chi connectivity index (χ3n) is 7.72. The Balaban J connectivity index is 0.00000107. The maximum absolute atomic E-state index is 8.33. The fourth-order valence-electron chi connectivity index (χ4n) is 6.41. The first-order valence-electron chi connectivity index (χ1n) is 11.9. The maximum atomic E-state index is 8.33. The molecule has 0 spiro atoms. The summed E-state index contributed by atoms with van der Waals surface area (Å²) in [6.45, 7) is 0. The molecule has 0 aromatic heterocycles. The van der Waals surface area contributed by atoms with E-state index in [1.54, 1.807) is 0 Å². The Bertz CT molecular complexity index is 1370. The topological polar surface area (TPSA) is 0 Å². The van der Waals surface area contributed by atoms with Crippen molar-refractivity contribution in [2.45, 2.75) is 11.1 Å². The molecule has 0 bridgehead atoms. The van der Waals surface area contributed by atoms with Gasteiger partial charge in [0.25, 0.3) is 0 Å². The molecule has 0 heterocycles. The SMILES string of the molecule is Cl[Si](c1ccccc1)(C1c2ccccc2-c2ccccc21)C1c2ccccc2-c2ccccc21.[Cl-].[Cl-].[Ti+2]. The first-order valence-corrected chi connectivity index (χ1v) is 15.1. The average Bonchev–Trinajstić information content (AvgIpc) is 3.43. The van der Waals surface area contributed by atoms with E-state index in [0.717, 1.165) is 0 Å². The van der Waals surface area contributed by atoms with Gasteiger partial charge in [-0.15, -0.1) is 0 Å². The second-order valence-corrected chi connectivity index (χ2v) is 14.5. The molecule has 0 nitrogen and oxygen atoms in total. The number of halogens is 3. The number of hydrogen-bond donors (Lipinski definition) is 0. The summed E-state index contributed by atoms with van der Waals surface area (Å²) in [6, 6.07) is 46.5. The number of hydrogen-bond acceptors (Lipinski definition) is 0. The van der Waals surface area contributed by atoms with Crippen LogP contribution < -0.4 is 30.0 Å². The molecule has 180 valence electrons. The molecular formula is C32H23Cl3SiTi. The normalized spacial score (nSPS) is 13.2. The van der Waals surface area contributed by atoms with E-state index in [9.17, 15) is 0 Å². The van der Waals surface area contributed by atoms with Crippen LogP contribution in [0.25, 0.3) is 22.3 Å². The second kappa shape index (κ2) is 10.9. The zero-order valence-corrected chi connectivity index (χ0v) is 24.7. The number of rotatable bonds is 3. The third-order valence-corrected chi connectivity index (χ3v) is 13.8. The van der Waals surface area contributed by atoms with Crippen LogP contribution in [-0.4, -0.2) is 7.38 Å². The summed E-state index contributed by atoms with van der Waals surface area (Å²) < 4.78 is 0. The second-order valence-electron chi connectivity index (χ2n) is 9.35. The van der Waals surface area contributed by atoms with Gasteiger partial charge in [0, 0.05) is 11.1 Å². The molecule has 0 atom stereocenters. The van der Waals surface area contributed by atoms with Crippen LogP contribution in [-0.2, 0) is 21.7 Å². The molecule has 0 amide bonds. The van der Waals surface area contributed by atoms with Crippen molar-refractivity contribution in [2.24, 2.45) is 0 Å². The van der Waals surface area contributed by atoms with Crippen LogP contribution in [0, 0.1) is 0 Å². The van der Waals surface area contributed by atoms with Crippen LogP contribution in [0.4, 0.5) is 0 Å². The van der Waals surface area contributed by atoms with E-state index in [-0.39, 0.29) is 57.6 Å².